The Bertz CT molecular complexity index is 1130. The lowest BCUT2D eigenvalue weighted by atomic mass is 9.94. The van der Waals surface area contributed by atoms with E-state index in [0.29, 0.717) is 19.6 Å². The van der Waals surface area contributed by atoms with Gasteiger partial charge in [0.25, 0.3) is 0 Å². The van der Waals surface area contributed by atoms with Crippen LogP contribution in [0.25, 0.3) is 11.1 Å². The topological polar surface area (TPSA) is 47.6 Å². The van der Waals surface area contributed by atoms with Crippen molar-refractivity contribution < 1.29 is 23.0 Å². The monoisotopic (exact) mass is 479 g/mol. The summed E-state index contributed by atoms with van der Waals surface area (Å²) in [4.78, 5) is 11.3. The fourth-order valence-corrected chi connectivity index (χ4v) is 4.45. The van der Waals surface area contributed by atoms with E-state index in [-0.39, 0.29) is 29.7 Å². The summed E-state index contributed by atoms with van der Waals surface area (Å²) in [5, 5.41) is 2.82. The Morgan fingerprint density at radius 3 is 2.37 bits per heavy atom. The fourth-order valence-electron chi connectivity index (χ4n) is 4.45. The standard InChI is InChI=1S/C29H31F2NO3/c1-20(33)32-16-15-22-7-10-28(18-29(22)23-3-2-4-25(31)17-23)35-27-13-11-26(12-14-27)34-19-21-5-8-24(30)9-6-21/h2-10,17-18,26-27H,11-16,19H2,1H3,(H,32,33). The van der Waals surface area contributed by atoms with Crippen LogP contribution in [0.5, 0.6) is 5.75 Å². The van der Waals surface area contributed by atoms with Crippen LogP contribution in [0.4, 0.5) is 8.78 Å². The van der Waals surface area contributed by atoms with Crippen LogP contribution >= 0.6 is 0 Å². The number of carbonyl (C=O) groups is 1. The zero-order valence-electron chi connectivity index (χ0n) is 19.9. The molecule has 1 N–H and O–H groups in total. The quantitative estimate of drug-likeness (QED) is 0.397. The summed E-state index contributed by atoms with van der Waals surface area (Å²) >= 11 is 0. The van der Waals surface area contributed by atoms with E-state index in [2.05, 4.69) is 5.32 Å². The number of carbonyl (C=O) groups excluding carboxylic acids is 1. The maximum Gasteiger partial charge on any atom is 0.216 e. The summed E-state index contributed by atoms with van der Waals surface area (Å²) in [5.41, 5.74) is 3.68. The summed E-state index contributed by atoms with van der Waals surface area (Å²) < 4.78 is 39.3. The maximum absolute atomic E-state index is 13.9. The Kier molecular flexibility index (Phi) is 8.48. The van der Waals surface area contributed by atoms with Crippen molar-refractivity contribution in [2.45, 2.75) is 57.8 Å². The van der Waals surface area contributed by atoms with Crippen LogP contribution in [-0.2, 0) is 22.6 Å². The summed E-state index contributed by atoms with van der Waals surface area (Å²) in [6.07, 6.45) is 4.46. The summed E-state index contributed by atoms with van der Waals surface area (Å²) in [7, 11) is 0. The second kappa shape index (κ2) is 11.9. The Labute approximate surface area is 205 Å². The Morgan fingerprint density at radius 1 is 0.914 bits per heavy atom. The van der Waals surface area contributed by atoms with Gasteiger partial charge in [0.1, 0.15) is 17.4 Å². The number of ether oxygens (including phenoxy) is 2. The first-order valence-corrected chi connectivity index (χ1v) is 12.1. The van der Waals surface area contributed by atoms with Gasteiger partial charge in [-0.25, -0.2) is 8.78 Å². The molecule has 1 aliphatic carbocycles. The molecule has 35 heavy (non-hydrogen) atoms. The highest BCUT2D eigenvalue weighted by atomic mass is 19.1. The van der Waals surface area contributed by atoms with Gasteiger partial charge in [0.2, 0.25) is 5.91 Å². The molecule has 0 saturated heterocycles. The number of hydrogen-bond acceptors (Lipinski definition) is 3. The van der Waals surface area contributed by atoms with Gasteiger partial charge in [-0.3, -0.25) is 4.79 Å². The van der Waals surface area contributed by atoms with Crippen LogP contribution in [0.3, 0.4) is 0 Å². The molecule has 1 fully saturated rings. The first-order chi connectivity index (χ1) is 17.0. The number of halogens is 2. The number of rotatable bonds is 9. The molecule has 184 valence electrons. The molecule has 6 heteroatoms. The Morgan fingerprint density at radius 2 is 1.66 bits per heavy atom. The molecule has 0 aromatic heterocycles. The van der Waals surface area contributed by atoms with Crippen molar-refractivity contribution in [2.75, 3.05) is 6.54 Å². The lowest BCUT2D eigenvalue weighted by molar-refractivity contribution is -0.118. The highest BCUT2D eigenvalue weighted by molar-refractivity contribution is 5.73. The molecule has 0 unspecified atom stereocenters. The predicted molar refractivity (Wildman–Crippen MR) is 132 cm³/mol. The van der Waals surface area contributed by atoms with E-state index in [1.165, 1.54) is 31.2 Å². The number of amides is 1. The van der Waals surface area contributed by atoms with Gasteiger partial charge in [-0.2, -0.15) is 0 Å². The minimum Gasteiger partial charge on any atom is -0.490 e. The normalized spacial score (nSPS) is 17.7. The molecule has 4 rings (SSSR count). The Balaban J connectivity index is 1.36. The van der Waals surface area contributed by atoms with E-state index in [1.807, 2.05) is 24.3 Å². The van der Waals surface area contributed by atoms with Gasteiger partial charge in [0.05, 0.1) is 18.8 Å². The third-order valence-corrected chi connectivity index (χ3v) is 6.31. The predicted octanol–water partition coefficient (Wildman–Crippen LogP) is 6.22. The molecule has 1 aliphatic rings. The SMILES string of the molecule is CC(=O)NCCc1ccc(OC2CCC(OCc3ccc(F)cc3)CC2)cc1-c1cccc(F)c1. The zero-order valence-corrected chi connectivity index (χ0v) is 19.9. The second-order valence-electron chi connectivity index (χ2n) is 9.02. The minimum atomic E-state index is -0.291. The highest BCUT2D eigenvalue weighted by Gasteiger charge is 2.23. The van der Waals surface area contributed by atoms with E-state index in [9.17, 15) is 13.6 Å². The minimum absolute atomic E-state index is 0.0745. The molecule has 0 atom stereocenters. The number of hydrogen-bond donors (Lipinski definition) is 1. The third-order valence-electron chi connectivity index (χ3n) is 6.31. The zero-order chi connectivity index (χ0) is 24.6. The van der Waals surface area contributed by atoms with Gasteiger partial charge >= 0.3 is 0 Å². The highest BCUT2D eigenvalue weighted by Crippen LogP contribution is 2.32. The fraction of sp³-hybridized carbons (Fsp3) is 0.345. The molecule has 0 heterocycles. The summed E-state index contributed by atoms with van der Waals surface area (Å²) in [6.45, 7) is 2.49. The average molecular weight is 480 g/mol. The van der Waals surface area contributed by atoms with Gasteiger partial charge in [0.15, 0.2) is 0 Å². The average Bonchev–Trinajstić information content (AvgIpc) is 2.85. The van der Waals surface area contributed by atoms with Crippen LogP contribution in [-0.4, -0.2) is 24.7 Å². The van der Waals surface area contributed by atoms with Crippen LogP contribution in [0.2, 0.25) is 0 Å². The molecular weight excluding hydrogens is 448 g/mol. The van der Waals surface area contributed by atoms with E-state index < -0.39 is 0 Å². The number of benzene rings is 3. The van der Waals surface area contributed by atoms with Crippen LogP contribution in [0, 0.1) is 11.6 Å². The first kappa shape index (κ1) is 24.9. The van der Waals surface area contributed by atoms with Crippen molar-refractivity contribution in [3.05, 3.63) is 89.5 Å². The van der Waals surface area contributed by atoms with Crippen LogP contribution in [0.15, 0.2) is 66.7 Å². The molecule has 0 spiro atoms. The molecule has 4 nitrogen and oxygen atoms in total. The van der Waals surface area contributed by atoms with Crippen molar-refractivity contribution in [1.29, 1.82) is 0 Å². The molecule has 0 aliphatic heterocycles. The van der Waals surface area contributed by atoms with Crippen LogP contribution in [0.1, 0.15) is 43.7 Å². The molecular formula is C29H31F2NO3. The van der Waals surface area contributed by atoms with E-state index in [4.69, 9.17) is 9.47 Å². The van der Waals surface area contributed by atoms with Crippen molar-refractivity contribution >= 4 is 5.91 Å². The third kappa shape index (κ3) is 7.36. The van der Waals surface area contributed by atoms with Gasteiger partial charge in [-0.15, -0.1) is 0 Å². The van der Waals surface area contributed by atoms with Crippen LogP contribution < -0.4 is 10.1 Å². The van der Waals surface area contributed by atoms with E-state index >= 15 is 0 Å². The smallest absolute Gasteiger partial charge is 0.216 e. The largest absolute Gasteiger partial charge is 0.490 e. The summed E-state index contributed by atoms with van der Waals surface area (Å²) in [6, 6.07) is 18.8. The molecule has 0 radical (unpaired) electrons. The first-order valence-electron chi connectivity index (χ1n) is 12.1. The second-order valence-corrected chi connectivity index (χ2v) is 9.02. The van der Waals surface area contributed by atoms with Gasteiger partial charge in [-0.05, 0) is 90.8 Å². The molecule has 1 amide bonds. The Hall–Kier alpha value is -3.25. The van der Waals surface area contributed by atoms with Crippen molar-refractivity contribution in [3.8, 4) is 16.9 Å². The molecule has 0 bridgehead atoms. The molecule has 3 aromatic carbocycles. The lowest BCUT2D eigenvalue weighted by Crippen LogP contribution is -2.28. The maximum atomic E-state index is 13.9. The van der Waals surface area contributed by atoms with Gasteiger partial charge < -0.3 is 14.8 Å². The molecule has 3 aromatic rings. The number of nitrogens with one attached hydrogen (secondary N) is 1. The van der Waals surface area contributed by atoms with Crippen molar-refractivity contribution in [3.63, 3.8) is 0 Å². The van der Waals surface area contributed by atoms with Gasteiger partial charge in [0, 0.05) is 13.5 Å². The summed E-state index contributed by atoms with van der Waals surface area (Å²) in [5.74, 6) is 0.144. The van der Waals surface area contributed by atoms with E-state index in [1.54, 1.807) is 18.2 Å². The van der Waals surface area contributed by atoms with Crippen molar-refractivity contribution in [1.82, 2.24) is 5.32 Å². The van der Waals surface area contributed by atoms with Gasteiger partial charge in [-0.1, -0.05) is 30.3 Å². The van der Waals surface area contributed by atoms with Crippen molar-refractivity contribution in [2.24, 2.45) is 0 Å². The molecule has 1 saturated carbocycles. The lowest BCUT2D eigenvalue weighted by Gasteiger charge is -2.29. The van der Waals surface area contributed by atoms with E-state index in [0.717, 1.165) is 53.7 Å².